The first-order valence-electron chi connectivity index (χ1n) is 10.2. The standard InChI is InChI=1S/C22H25N5O4/c23-21(29)14-25-6-8-26(9-7-25)17-2-1-3-18(13-17)27-15-24-19-12-16(4-5-20(19)27)22(30)31-11-10-28/h1-5,12-13,15,28H,6-11,14H2,(H2,23,29). The number of imidazole rings is 1. The van der Waals surface area contributed by atoms with Crippen LogP contribution in [0.1, 0.15) is 10.4 Å². The molecule has 0 atom stereocenters. The molecule has 1 fully saturated rings. The van der Waals surface area contributed by atoms with Gasteiger partial charge in [0.15, 0.2) is 0 Å². The van der Waals surface area contributed by atoms with Crippen LogP contribution in [-0.2, 0) is 9.53 Å². The number of anilines is 1. The van der Waals surface area contributed by atoms with Crippen molar-refractivity contribution in [3.63, 3.8) is 0 Å². The van der Waals surface area contributed by atoms with Crippen molar-refractivity contribution in [2.24, 2.45) is 5.73 Å². The van der Waals surface area contributed by atoms with Gasteiger partial charge in [0.25, 0.3) is 0 Å². The Balaban J connectivity index is 1.53. The topological polar surface area (TPSA) is 114 Å². The minimum absolute atomic E-state index is 0.0328. The number of aliphatic hydroxyl groups is 1. The van der Waals surface area contributed by atoms with Gasteiger partial charge in [-0.05, 0) is 36.4 Å². The molecular formula is C22H25N5O4. The number of carbonyl (C=O) groups is 2. The number of nitrogens with zero attached hydrogens (tertiary/aromatic N) is 4. The second kappa shape index (κ2) is 9.15. The van der Waals surface area contributed by atoms with Crippen LogP contribution in [0, 0.1) is 0 Å². The molecule has 4 rings (SSSR count). The van der Waals surface area contributed by atoms with E-state index in [1.165, 1.54) is 0 Å². The molecule has 3 aromatic rings. The maximum Gasteiger partial charge on any atom is 0.338 e. The van der Waals surface area contributed by atoms with E-state index < -0.39 is 5.97 Å². The van der Waals surface area contributed by atoms with Gasteiger partial charge >= 0.3 is 5.97 Å². The molecule has 2 heterocycles. The van der Waals surface area contributed by atoms with Crippen molar-refractivity contribution in [2.45, 2.75) is 0 Å². The van der Waals surface area contributed by atoms with Gasteiger partial charge in [-0.3, -0.25) is 14.3 Å². The lowest BCUT2D eigenvalue weighted by Crippen LogP contribution is -2.48. The van der Waals surface area contributed by atoms with E-state index in [0.717, 1.165) is 43.1 Å². The zero-order valence-electron chi connectivity index (χ0n) is 17.1. The van der Waals surface area contributed by atoms with Gasteiger partial charge in [-0.2, -0.15) is 0 Å². The van der Waals surface area contributed by atoms with Crippen LogP contribution in [0.5, 0.6) is 0 Å². The molecular weight excluding hydrogens is 398 g/mol. The SMILES string of the molecule is NC(=O)CN1CCN(c2cccc(-n3cnc4cc(C(=O)OCCO)ccc43)c2)CC1. The maximum absolute atomic E-state index is 12.0. The molecule has 0 unspecified atom stereocenters. The third kappa shape index (κ3) is 4.68. The maximum atomic E-state index is 12.0. The van der Waals surface area contributed by atoms with Crippen LogP contribution in [0.25, 0.3) is 16.7 Å². The summed E-state index contributed by atoms with van der Waals surface area (Å²) < 4.78 is 6.95. The fraction of sp³-hybridized carbons (Fsp3) is 0.318. The molecule has 9 nitrogen and oxygen atoms in total. The first kappa shape index (κ1) is 20.8. The van der Waals surface area contributed by atoms with E-state index >= 15 is 0 Å². The number of benzene rings is 2. The number of esters is 1. The minimum atomic E-state index is -0.483. The molecule has 1 aliphatic heterocycles. The van der Waals surface area contributed by atoms with Crippen LogP contribution in [0.4, 0.5) is 5.69 Å². The molecule has 0 aliphatic carbocycles. The normalized spacial score (nSPS) is 14.7. The molecule has 1 saturated heterocycles. The third-order valence-corrected chi connectivity index (χ3v) is 5.33. The summed E-state index contributed by atoms with van der Waals surface area (Å²) in [5.74, 6) is -0.782. The molecule has 162 valence electrons. The Morgan fingerprint density at radius 1 is 1.06 bits per heavy atom. The highest BCUT2D eigenvalue weighted by atomic mass is 16.5. The van der Waals surface area contributed by atoms with Crippen molar-refractivity contribution in [1.29, 1.82) is 0 Å². The van der Waals surface area contributed by atoms with Gasteiger partial charge in [0.1, 0.15) is 12.9 Å². The highest BCUT2D eigenvalue weighted by molar-refractivity contribution is 5.94. The average molecular weight is 423 g/mol. The van der Waals surface area contributed by atoms with Gasteiger partial charge in [0.2, 0.25) is 5.91 Å². The third-order valence-electron chi connectivity index (χ3n) is 5.33. The Hall–Kier alpha value is -3.43. The number of ether oxygens (including phenoxy) is 1. The number of nitrogens with two attached hydrogens (primary N) is 1. The predicted octanol–water partition coefficient (Wildman–Crippen LogP) is 0.782. The van der Waals surface area contributed by atoms with E-state index in [9.17, 15) is 9.59 Å². The number of primary amides is 1. The number of piperazine rings is 1. The zero-order chi connectivity index (χ0) is 21.8. The summed E-state index contributed by atoms with van der Waals surface area (Å²) in [5.41, 5.74) is 9.32. The number of aliphatic hydroxyl groups excluding tert-OH is 1. The van der Waals surface area contributed by atoms with Crippen molar-refractivity contribution in [2.75, 3.05) is 50.8 Å². The Kier molecular flexibility index (Phi) is 6.15. The molecule has 1 aliphatic rings. The van der Waals surface area contributed by atoms with Crippen molar-refractivity contribution >= 4 is 28.6 Å². The van der Waals surface area contributed by atoms with Gasteiger partial charge < -0.3 is 20.5 Å². The highest BCUT2D eigenvalue weighted by Crippen LogP contribution is 2.24. The molecule has 1 aromatic heterocycles. The van der Waals surface area contributed by atoms with Crippen molar-refractivity contribution in [3.8, 4) is 5.69 Å². The second-order valence-corrected chi connectivity index (χ2v) is 7.43. The van der Waals surface area contributed by atoms with Crippen molar-refractivity contribution in [3.05, 3.63) is 54.4 Å². The van der Waals surface area contributed by atoms with Crippen LogP contribution in [0.3, 0.4) is 0 Å². The Morgan fingerprint density at radius 3 is 2.58 bits per heavy atom. The van der Waals surface area contributed by atoms with Crippen LogP contribution in [-0.4, -0.2) is 77.4 Å². The number of carbonyl (C=O) groups excluding carboxylic acids is 2. The van der Waals surface area contributed by atoms with Crippen LogP contribution >= 0.6 is 0 Å². The molecule has 9 heteroatoms. The molecule has 3 N–H and O–H groups in total. The van der Waals surface area contributed by atoms with Crippen molar-refractivity contribution in [1.82, 2.24) is 14.5 Å². The van der Waals surface area contributed by atoms with E-state index in [2.05, 4.69) is 26.9 Å². The number of fused-ring (bicyclic) bond motifs is 1. The number of aromatic nitrogens is 2. The first-order valence-corrected chi connectivity index (χ1v) is 10.2. The molecule has 0 radical (unpaired) electrons. The quantitative estimate of drug-likeness (QED) is 0.540. The number of amides is 1. The molecule has 2 aromatic carbocycles. The monoisotopic (exact) mass is 423 g/mol. The average Bonchev–Trinajstić information content (AvgIpc) is 3.21. The zero-order valence-corrected chi connectivity index (χ0v) is 17.1. The van der Waals surface area contributed by atoms with E-state index in [-0.39, 0.29) is 19.1 Å². The lowest BCUT2D eigenvalue weighted by Gasteiger charge is -2.35. The van der Waals surface area contributed by atoms with Gasteiger partial charge in [-0.15, -0.1) is 0 Å². The number of hydrogen-bond acceptors (Lipinski definition) is 7. The van der Waals surface area contributed by atoms with E-state index in [0.29, 0.717) is 17.6 Å². The molecule has 31 heavy (non-hydrogen) atoms. The lowest BCUT2D eigenvalue weighted by molar-refractivity contribution is -0.119. The minimum Gasteiger partial charge on any atom is -0.460 e. The summed E-state index contributed by atoms with van der Waals surface area (Å²) in [4.78, 5) is 31.9. The number of rotatable bonds is 7. The molecule has 0 saturated carbocycles. The van der Waals surface area contributed by atoms with Crippen molar-refractivity contribution < 1.29 is 19.4 Å². The van der Waals surface area contributed by atoms with Crippen LogP contribution in [0.2, 0.25) is 0 Å². The molecule has 0 spiro atoms. The highest BCUT2D eigenvalue weighted by Gasteiger charge is 2.19. The Bertz CT molecular complexity index is 1090. The van der Waals surface area contributed by atoms with Gasteiger partial charge in [0, 0.05) is 37.6 Å². The Labute approximate surface area is 179 Å². The van der Waals surface area contributed by atoms with Gasteiger partial charge in [0.05, 0.1) is 29.7 Å². The first-order chi connectivity index (χ1) is 15.0. The largest absolute Gasteiger partial charge is 0.460 e. The smallest absolute Gasteiger partial charge is 0.338 e. The predicted molar refractivity (Wildman–Crippen MR) is 116 cm³/mol. The van der Waals surface area contributed by atoms with Crippen LogP contribution < -0.4 is 10.6 Å². The van der Waals surface area contributed by atoms with Gasteiger partial charge in [-0.1, -0.05) is 6.07 Å². The fourth-order valence-electron chi connectivity index (χ4n) is 3.79. The summed E-state index contributed by atoms with van der Waals surface area (Å²) in [7, 11) is 0. The van der Waals surface area contributed by atoms with Crippen LogP contribution in [0.15, 0.2) is 48.8 Å². The number of hydrogen-bond donors (Lipinski definition) is 2. The van der Waals surface area contributed by atoms with Gasteiger partial charge in [-0.25, -0.2) is 9.78 Å². The Morgan fingerprint density at radius 2 is 1.84 bits per heavy atom. The summed E-state index contributed by atoms with van der Waals surface area (Å²) in [5, 5.41) is 8.81. The summed E-state index contributed by atoms with van der Waals surface area (Å²) >= 11 is 0. The summed E-state index contributed by atoms with van der Waals surface area (Å²) in [6.07, 6.45) is 1.73. The van der Waals surface area contributed by atoms with E-state index in [1.54, 1.807) is 18.5 Å². The van der Waals surface area contributed by atoms with E-state index in [4.69, 9.17) is 15.6 Å². The molecule has 1 amide bonds. The second-order valence-electron chi connectivity index (χ2n) is 7.43. The summed E-state index contributed by atoms with van der Waals surface area (Å²) in [6, 6.07) is 13.4. The summed E-state index contributed by atoms with van der Waals surface area (Å²) in [6.45, 7) is 3.27. The van der Waals surface area contributed by atoms with E-state index in [1.807, 2.05) is 22.8 Å². The fourth-order valence-corrected chi connectivity index (χ4v) is 3.79. The lowest BCUT2D eigenvalue weighted by atomic mass is 10.2. The molecule has 0 bridgehead atoms.